The van der Waals surface area contributed by atoms with Gasteiger partial charge in [0.2, 0.25) is 5.82 Å². The molecule has 2 aromatic carbocycles. The van der Waals surface area contributed by atoms with Gasteiger partial charge in [0, 0.05) is 24.2 Å². The van der Waals surface area contributed by atoms with Gasteiger partial charge in [-0.25, -0.2) is 14.4 Å². The number of tetrazole rings is 1. The first-order chi connectivity index (χ1) is 13.6. The van der Waals surface area contributed by atoms with Crippen LogP contribution in [0.3, 0.4) is 0 Å². The summed E-state index contributed by atoms with van der Waals surface area (Å²) >= 11 is 0. The average Bonchev–Trinajstić information content (AvgIpc) is 3.27. The summed E-state index contributed by atoms with van der Waals surface area (Å²) in [5, 5.41) is 14.1. The SMILES string of the molecule is CCC(C)N(C)c1nc2cc(-c3nn[nH]n3)ccc2nc1-c1ccc(F)cc1. The minimum Gasteiger partial charge on any atom is -0.355 e. The molecule has 0 radical (unpaired) electrons. The second-order valence-electron chi connectivity index (χ2n) is 6.71. The highest BCUT2D eigenvalue weighted by Crippen LogP contribution is 2.31. The Morgan fingerprint density at radius 2 is 1.79 bits per heavy atom. The number of nitrogens with one attached hydrogen (secondary N) is 1. The van der Waals surface area contributed by atoms with Crippen molar-refractivity contribution in [2.75, 3.05) is 11.9 Å². The van der Waals surface area contributed by atoms with E-state index in [1.165, 1.54) is 12.1 Å². The van der Waals surface area contributed by atoms with E-state index in [2.05, 4.69) is 39.4 Å². The summed E-state index contributed by atoms with van der Waals surface area (Å²) in [6.07, 6.45) is 0.960. The zero-order chi connectivity index (χ0) is 19.7. The number of nitrogens with zero attached hydrogens (tertiary/aromatic N) is 6. The lowest BCUT2D eigenvalue weighted by atomic mass is 10.1. The Labute approximate surface area is 161 Å². The maximum Gasteiger partial charge on any atom is 0.204 e. The van der Waals surface area contributed by atoms with Crippen LogP contribution in [0.2, 0.25) is 0 Å². The molecular formula is C20H20FN7. The van der Waals surface area contributed by atoms with Crippen molar-refractivity contribution in [3.05, 3.63) is 48.3 Å². The predicted octanol–water partition coefficient (Wildman–Crippen LogP) is 3.85. The molecule has 0 aliphatic carbocycles. The minimum atomic E-state index is -0.279. The van der Waals surface area contributed by atoms with Crippen molar-refractivity contribution in [3.8, 4) is 22.6 Å². The standard InChI is InChI=1S/C20H20FN7/c1-4-12(2)28(3)20-18(13-5-8-15(21)9-6-13)22-16-10-7-14(11-17(16)23-20)19-24-26-27-25-19/h5-12H,4H2,1-3H3,(H,24,25,26,27). The van der Waals surface area contributed by atoms with E-state index >= 15 is 0 Å². The number of aromatic amines is 1. The molecule has 2 aromatic heterocycles. The van der Waals surface area contributed by atoms with Gasteiger partial charge in [0.15, 0.2) is 5.82 Å². The monoisotopic (exact) mass is 377 g/mol. The predicted molar refractivity (Wildman–Crippen MR) is 106 cm³/mol. The lowest BCUT2D eigenvalue weighted by Gasteiger charge is -2.27. The fraction of sp³-hybridized carbons (Fsp3) is 0.250. The normalized spacial score (nSPS) is 12.3. The molecule has 4 aromatic rings. The molecule has 4 rings (SSSR count). The maximum atomic E-state index is 13.4. The number of benzene rings is 2. The highest BCUT2D eigenvalue weighted by molar-refractivity contribution is 5.86. The molecule has 0 aliphatic rings. The number of fused-ring (bicyclic) bond motifs is 1. The molecule has 0 saturated heterocycles. The second-order valence-corrected chi connectivity index (χ2v) is 6.71. The summed E-state index contributed by atoms with van der Waals surface area (Å²) < 4.78 is 13.4. The number of rotatable bonds is 5. The van der Waals surface area contributed by atoms with E-state index in [0.717, 1.165) is 40.1 Å². The van der Waals surface area contributed by atoms with Crippen LogP contribution in [0.25, 0.3) is 33.7 Å². The van der Waals surface area contributed by atoms with Gasteiger partial charge in [0.05, 0.1) is 11.0 Å². The van der Waals surface area contributed by atoms with Crippen molar-refractivity contribution in [1.82, 2.24) is 30.6 Å². The fourth-order valence-corrected chi connectivity index (χ4v) is 3.00. The molecule has 1 unspecified atom stereocenters. The summed E-state index contributed by atoms with van der Waals surface area (Å²) in [6.45, 7) is 4.26. The van der Waals surface area contributed by atoms with Crippen molar-refractivity contribution in [1.29, 1.82) is 0 Å². The van der Waals surface area contributed by atoms with Gasteiger partial charge in [0.1, 0.15) is 11.5 Å². The Balaban J connectivity index is 1.91. The smallest absolute Gasteiger partial charge is 0.204 e. The number of anilines is 1. The number of aromatic nitrogens is 6. The van der Waals surface area contributed by atoms with E-state index in [1.807, 2.05) is 25.2 Å². The number of hydrogen-bond acceptors (Lipinski definition) is 6. The molecule has 1 atom stereocenters. The third kappa shape index (κ3) is 3.28. The Morgan fingerprint density at radius 1 is 1.04 bits per heavy atom. The second kappa shape index (κ2) is 7.30. The van der Waals surface area contributed by atoms with Gasteiger partial charge >= 0.3 is 0 Å². The van der Waals surface area contributed by atoms with Crippen molar-refractivity contribution in [2.24, 2.45) is 0 Å². The van der Waals surface area contributed by atoms with Crippen molar-refractivity contribution in [3.63, 3.8) is 0 Å². The third-order valence-electron chi connectivity index (χ3n) is 4.95. The average molecular weight is 377 g/mol. The largest absolute Gasteiger partial charge is 0.355 e. The van der Waals surface area contributed by atoms with Crippen LogP contribution in [0.4, 0.5) is 10.2 Å². The van der Waals surface area contributed by atoms with E-state index in [0.29, 0.717) is 5.82 Å². The van der Waals surface area contributed by atoms with Crippen molar-refractivity contribution in [2.45, 2.75) is 26.3 Å². The van der Waals surface area contributed by atoms with Crippen molar-refractivity contribution < 1.29 is 4.39 Å². The molecular weight excluding hydrogens is 357 g/mol. The van der Waals surface area contributed by atoms with Crippen LogP contribution in [0.5, 0.6) is 0 Å². The van der Waals surface area contributed by atoms with Gasteiger partial charge in [-0.05, 0) is 61.0 Å². The molecule has 8 heteroatoms. The molecule has 2 heterocycles. The van der Waals surface area contributed by atoms with Crippen LogP contribution in [0, 0.1) is 5.82 Å². The first-order valence-electron chi connectivity index (χ1n) is 9.11. The Morgan fingerprint density at radius 3 is 2.46 bits per heavy atom. The molecule has 0 saturated carbocycles. The molecule has 1 N–H and O–H groups in total. The third-order valence-corrected chi connectivity index (χ3v) is 4.95. The summed E-state index contributed by atoms with van der Waals surface area (Å²) in [5.41, 5.74) is 3.83. The highest BCUT2D eigenvalue weighted by atomic mass is 19.1. The first-order valence-corrected chi connectivity index (χ1v) is 9.11. The molecule has 28 heavy (non-hydrogen) atoms. The van der Waals surface area contributed by atoms with Crippen LogP contribution < -0.4 is 4.90 Å². The maximum absolute atomic E-state index is 13.4. The summed E-state index contributed by atoms with van der Waals surface area (Å²) in [7, 11) is 2.00. The molecule has 0 spiro atoms. The molecule has 7 nitrogen and oxygen atoms in total. The lowest BCUT2D eigenvalue weighted by Crippen LogP contribution is -2.29. The molecule has 0 fully saturated rings. The molecule has 0 bridgehead atoms. The fourth-order valence-electron chi connectivity index (χ4n) is 3.00. The Hall–Kier alpha value is -3.42. The van der Waals surface area contributed by atoms with Gasteiger partial charge in [-0.3, -0.25) is 0 Å². The molecule has 0 amide bonds. The Bertz CT molecular complexity index is 1090. The van der Waals surface area contributed by atoms with E-state index < -0.39 is 0 Å². The van der Waals surface area contributed by atoms with E-state index in [9.17, 15) is 4.39 Å². The Kier molecular flexibility index (Phi) is 4.68. The number of halogens is 1. The minimum absolute atomic E-state index is 0.270. The number of H-pyrrole nitrogens is 1. The van der Waals surface area contributed by atoms with Gasteiger partial charge < -0.3 is 4.90 Å². The highest BCUT2D eigenvalue weighted by Gasteiger charge is 2.18. The first kappa shape index (κ1) is 18.0. The van der Waals surface area contributed by atoms with E-state index in [1.54, 1.807) is 12.1 Å². The van der Waals surface area contributed by atoms with Gasteiger partial charge in [0.25, 0.3) is 0 Å². The van der Waals surface area contributed by atoms with Crippen LogP contribution in [0.15, 0.2) is 42.5 Å². The van der Waals surface area contributed by atoms with Gasteiger partial charge in [-0.1, -0.05) is 6.92 Å². The summed E-state index contributed by atoms with van der Waals surface area (Å²) in [5.74, 6) is 0.973. The zero-order valence-corrected chi connectivity index (χ0v) is 15.9. The molecule has 142 valence electrons. The van der Waals surface area contributed by atoms with Gasteiger partial charge in [-0.2, -0.15) is 5.21 Å². The van der Waals surface area contributed by atoms with Crippen LogP contribution in [-0.4, -0.2) is 43.7 Å². The van der Waals surface area contributed by atoms with Crippen molar-refractivity contribution >= 4 is 16.9 Å². The number of hydrogen-bond donors (Lipinski definition) is 1. The van der Waals surface area contributed by atoms with E-state index in [-0.39, 0.29) is 11.9 Å². The molecule has 0 aliphatic heterocycles. The van der Waals surface area contributed by atoms with E-state index in [4.69, 9.17) is 9.97 Å². The quantitative estimate of drug-likeness (QED) is 0.569. The van der Waals surface area contributed by atoms with Crippen LogP contribution in [-0.2, 0) is 0 Å². The lowest BCUT2D eigenvalue weighted by molar-refractivity contribution is 0.628. The van der Waals surface area contributed by atoms with Crippen LogP contribution in [0.1, 0.15) is 20.3 Å². The van der Waals surface area contributed by atoms with Crippen LogP contribution >= 0.6 is 0 Å². The van der Waals surface area contributed by atoms with Gasteiger partial charge in [-0.15, -0.1) is 10.2 Å². The summed E-state index contributed by atoms with van der Waals surface area (Å²) in [4.78, 5) is 11.8. The topological polar surface area (TPSA) is 83.5 Å². The summed E-state index contributed by atoms with van der Waals surface area (Å²) in [6, 6.07) is 12.3. The zero-order valence-electron chi connectivity index (χ0n) is 15.9.